The van der Waals surface area contributed by atoms with Crippen LogP contribution in [-0.4, -0.2) is 23.0 Å². The first-order chi connectivity index (χ1) is 23.1. The minimum Gasteiger partial charge on any atom is -0.321 e. The van der Waals surface area contributed by atoms with E-state index in [1.54, 1.807) is 61.5 Å². The molecule has 0 aliphatic rings. The molecule has 5 aromatic rings. The Kier molecular flexibility index (Phi) is 11.1. The summed E-state index contributed by atoms with van der Waals surface area (Å²) in [6, 6.07) is 29.3. The first-order valence-electron chi connectivity index (χ1n) is 14.6. The zero-order chi connectivity index (χ0) is 34.2. The second kappa shape index (κ2) is 15.6. The number of hydrogen-bond donors (Lipinski definition) is 3. The van der Waals surface area contributed by atoms with Crippen molar-refractivity contribution in [1.82, 2.24) is 5.32 Å². The molecule has 1 heterocycles. The fourth-order valence-corrected chi connectivity index (χ4v) is 6.63. The second-order valence-corrected chi connectivity index (χ2v) is 13.3. The van der Waals surface area contributed by atoms with E-state index in [1.807, 2.05) is 36.6 Å². The van der Waals surface area contributed by atoms with Crippen LogP contribution in [0.3, 0.4) is 0 Å². The molecule has 5 rings (SSSR count). The van der Waals surface area contributed by atoms with Crippen LogP contribution in [-0.2, 0) is 9.59 Å². The molecule has 0 saturated carbocycles. The third-order valence-corrected chi connectivity index (χ3v) is 9.41. The molecular formula is C37H28ClFN4O3S2. The molecule has 4 aromatic carbocycles. The number of thioether (sulfide) groups is 1. The molecule has 7 nitrogen and oxygen atoms in total. The van der Waals surface area contributed by atoms with Crippen molar-refractivity contribution in [3.05, 3.63) is 141 Å². The highest BCUT2D eigenvalue weighted by Gasteiger charge is 2.21. The zero-order valence-electron chi connectivity index (χ0n) is 25.7. The summed E-state index contributed by atoms with van der Waals surface area (Å²) in [4.78, 5) is 40.3. The minimum absolute atomic E-state index is 0.0573. The lowest BCUT2D eigenvalue weighted by molar-refractivity contribution is -0.115. The summed E-state index contributed by atoms with van der Waals surface area (Å²) < 4.78 is 14.6. The maximum atomic E-state index is 14.6. The Labute approximate surface area is 290 Å². The second-order valence-electron chi connectivity index (χ2n) is 10.6. The van der Waals surface area contributed by atoms with E-state index in [0.29, 0.717) is 26.7 Å². The van der Waals surface area contributed by atoms with Gasteiger partial charge in [-0.15, -0.1) is 23.1 Å². The Bertz CT molecular complexity index is 2040. The molecule has 11 heteroatoms. The van der Waals surface area contributed by atoms with Gasteiger partial charge in [0.05, 0.1) is 15.8 Å². The lowest BCUT2D eigenvalue weighted by Gasteiger charge is -2.14. The number of halogens is 2. The van der Waals surface area contributed by atoms with Crippen LogP contribution < -0.4 is 16.0 Å². The Balaban J connectivity index is 1.30. The number of thiophene rings is 1. The predicted molar refractivity (Wildman–Crippen MR) is 192 cm³/mol. The molecule has 240 valence electrons. The van der Waals surface area contributed by atoms with Gasteiger partial charge in [-0.25, -0.2) is 4.39 Å². The standard InChI is InChI=1S/C37H28ClFN4O3S2/c1-22-14-16-24(17-15-22)30-21-47-37(29(30)20-40)43-34(44)23(2)48-27-11-6-10-26(18-27)41-36(46)33(19-28-31(38)12-7-13-32(28)39)42-35(45)25-8-4-3-5-9-25/h3-19,21,23H,1-2H3,(H,41,46)(H,42,45)(H,43,44)/b33-19+. The van der Waals surface area contributed by atoms with E-state index < -0.39 is 22.9 Å². The van der Waals surface area contributed by atoms with Crippen LogP contribution in [0.25, 0.3) is 17.2 Å². The SMILES string of the molecule is Cc1ccc(-c2csc(NC(=O)C(C)Sc3cccc(NC(=O)/C(=C\c4c(F)cccc4Cl)NC(=O)c4ccccc4)c3)c2C#N)cc1. The van der Waals surface area contributed by atoms with Gasteiger partial charge in [-0.2, -0.15) is 5.26 Å². The molecule has 1 aromatic heterocycles. The van der Waals surface area contributed by atoms with E-state index in [4.69, 9.17) is 11.6 Å². The number of nitrogens with one attached hydrogen (secondary N) is 3. The average molecular weight is 695 g/mol. The van der Waals surface area contributed by atoms with Gasteiger partial charge < -0.3 is 16.0 Å². The van der Waals surface area contributed by atoms with E-state index in [0.717, 1.165) is 16.7 Å². The first-order valence-corrected chi connectivity index (χ1v) is 16.8. The van der Waals surface area contributed by atoms with Gasteiger partial charge in [-0.05, 0) is 68.0 Å². The number of carbonyl (C=O) groups excluding carboxylic acids is 3. The van der Waals surface area contributed by atoms with Crippen molar-refractivity contribution in [2.24, 2.45) is 0 Å². The summed E-state index contributed by atoms with van der Waals surface area (Å²) in [5.74, 6) is -2.23. The van der Waals surface area contributed by atoms with E-state index in [9.17, 15) is 24.0 Å². The number of hydrogen-bond acceptors (Lipinski definition) is 6. The molecule has 0 fully saturated rings. The average Bonchev–Trinajstić information content (AvgIpc) is 3.48. The first kappa shape index (κ1) is 34.1. The Morgan fingerprint density at radius 1 is 0.958 bits per heavy atom. The number of anilines is 2. The van der Waals surface area contributed by atoms with Gasteiger partial charge in [-0.3, -0.25) is 14.4 Å². The van der Waals surface area contributed by atoms with Crippen molar-refractivity contribution in [1.29, 1.82) is 5.26 Å². The fourth-order valence-electron chi connectivity index (χ4n) is 4.56. The molecule has 3 N–H and O–H groups in total. The van der Waals surface area contributed by atoms with Gasteiger partial charge in [0.2, 0.25) is 5.91 Å². The topological polar surface area (TPSA) is 111 Å². The van der Waals surface area contributed by atoms with Crippen LogP contribution in [0.1, 0.15) is 34.0 Å². The number of amides is 3. The molecule has 3 amide bonds. The number of nitriles is 1. The molecule has 48 heavy (non-hydrogen) atoms. The highest BCUT2D eigenvalue weighted by molar-refractivity contribution is 8.00. The quantitative estimate of drug-likeness (QED) is 0.0999. The molecule has 0 radical (unpaired) electrons. The lowest BCUT2D eigenvalue weighted by atomic mass is 10.0. The monoisotopic (exact) mass is 694 g/mol. The molecule has 0 bridgehead atoms. The Morgan fingerprint density at radius 2 is 1.69 bits per heavy atom. The number of benzene rings is 4. The van der Waals surface area contributed by atoms with Crippen LogP contribution in [0.5, 0.6) is 0 Å². The third kappa shape index (κ3) is 8.38. The van der Waals surface area contributed by atoms with Crippen molar-refractivity contribution >= 4 is 69.2 Å². The van der Waals surface area contributed by atoms with Crippen molar-refractivity contribution in [2.75, 3.05) is 10.6 Å². The maximum absolute atomic E-state index is 14.6. The van der Waals surface area contributed by atoms with Gasteiger partial charge in [0, 0.05) is 32.7 Å². The fraction of sp³-hybridized carbons (Fsp3) is 0.0811. The van der Waals surface area contributed by atoms with E-state index in [-0.39, 0.29) is 22.2 Å². The van der Waals surface area contributed by atoms with Gasteiger partial charge in [0.15, 0.2) is 0 Å². The zero-order valence-corrected chi connectivity index (χ0v) is 28.1. The Hall–Kier alpha value is -5.21. The van der Waals surface area contributed by atoms with Crippen LogP contribution in [0, 0.1) is 24.1 Å². The van der Waals surface area contributed by atoms with Gasteiger partial charge >= 0.3 is 0 Å². The van der Waals surface area contributed by atoms with Gasteiger partial charge in [0.1, 0.15) is 22.6 Å². The van der Waals surface area contributed by atoms with Crippen LogP contribution in [0.4, 0.5) is 15.1 Å². The van der Waals surface area contributed by atoms with Gasteiger partial charge in [0.25, 0.3) is 11.8 Å². The number of rotatable bonds is 10. The molecular weight excluding hydrogens is 667 g/mol. The molecule has 0 saturated heterocycles. The van der Waals surface area contributed by atoms with Crippen LogP contribution >= 0.6 is 34.7 Å². The Morgan fingerprint density at radius 3 is 2.40 bits per heavy atom. The normalized spacial score (nSPS) is 11.7. The molecule has 0 aliphatic carbocycles. The number of aryl methyl sites for hydroxylation is 1. The largest absolute Gasteiger partial charge is 0.321 e. The summed E-state index contributed by atoms with van der Waals surface area (Å²) in [5, 5.41) is 19.9. The van der Waals surface area contributed by atoms with Crippen molar-refractivity contribution in [2.45, 2.75) is 24.0 Å². The summed E-state index contributed by atoms with van der Waals surface area (Å²) in [5.41, 5.74) is 3.56. The molecule has 1 unspecified atom stereocenters. The number of carbonyl (C=O) groups is 3. The summed E-state index contributed by atoms with van der Waals surface area (Å²) >= 11 is 8.76. The van der Waals surface area contributed by atoms with Crippen molar-refractivity contribution < 1.29 is 18.8 Å². The predicted octanol–water partition coefficient (Wildman–Crippen LogP) is 8.92. The van der Waals surface area contributed by atoms with Crippen LogP contribution in [0.2, 0.25) is 5.02 Å². The third-order valence-electron chi connectivity index (χ3n) is 7.09. The highest BCUT2D eigenvalue weighted by atomic mass is 35.5. The lowest BCUT2D eigenvalue weighted by Crippen LogP contribution is -2.30. The van der Waals surface area contributed by atoms with Crippen LogP contribution in [0.15, 0.2) is 113 Å². The maximum Gasteiger partial charge on any atom is 0.272 e. The summed E-state index contributed by atoms with van der Waals surface area (Å²) in [6.45, 7) is 3.73. The van der Waals surface area contributed by atoms with Gasteiger partial charge in [-0.1, -0.05) is 71.8 Å². The van der Waals surface area contributed by atoms with E-state index in [2.05, 4.69) is 22.0 Å². The minimum atomic E-state index is -0.711. The summed E-state index contributed by atoms with van der Waals surface area (Å²) in [7, 11) is 0. The van der Waals surface area contributed by atoms with E-state index >= 15 is 0 Å². The van der Waals surface area contributed by atoms with Crippen molar-refractivity contribution in [3.8, 4) is 17.2 Å². The van der Waals surface area contributed by atoms with E-state index in [1.165, 1.54) is 47.4 Å². The highest BCUT2D eigenvalue weighted by Crippen LogP contribution is 2.36. The molecule has 0 spiro atoms. The summed E-state index contributed by atoms with van der Waals surface area (Å²) in [6.07, 6.45) is 1.18. The molecule has 1 atom stereocenters. The molecule has 0 aliphatic heterocycles. The number of nitrogens with zero attached hydrogens (tertiary/aromatic N) is 1. The smallest absolute Gasteiger partial charge is 0.272 e. The van der Waals surface area contributed by atoms with Crippen molar-refractivity contribution in [3.63, 3.8) is 0 Å².